The van der Waals surface area contributed by atoms with Gasteiger partial charge in [-0.15, -0.1) is 0 Å². The van der Waals surface area contributed by atoms with E-state index in [0.717, 1.165) is 5.56 Å². The second-order valence-corrected chi connectivity index (χ2v) is 6.24. The van der Waals surface area contributed by atoms with Crippen LogP contribution in [0.25, 0.3) is 0 Å². The van der Waals surface area contributed by atoms with Crippen LogP contribution in [0.4, 0.5) is 16.6 Å². The van der Waals surface area contributed by atoms with Crippen LogP contribution in [0.2, 0.25) is 5.02 Å². The molecular weight excluding hydrogens is 346 g/mol. The highest BCUT2D eigenvalue weighted by Gasteiger charge is 2.14. The van der Waals surface area contributed by atoms with Crippen LogP contribution >= 0.6 is 22.9 Å². The lowest BCUT2D eigenvalue weighted by atomic mass is 10.1. The van der Waals surface area contributed by atoms with Gasteiger partial charge in [-0.1, -0.05) is 41.1 Å². The molecule has 0 radical (unpaired) electrons. The number of hydrogen-bond donors (Lipinski definition) is 3. The number of nitrogens with one attached hydrogen (secondary N) is 2. The van der Waals surface area contributed by atoms with Gasteiger partial charge in [0.1, 0.15) is 10.7 Å². The molecule has 0 aliphatic heterocycles. The number of aromatic nitrogens is 2. The number of thiazole rings is 1. The number of amides is 1. The number of carbonyl (C=O) groups is 1. The molecule has 0 spiro atoms. The molecule has 122 valence electrons. The Morgan fingerprint density at radius 3 is 2.83 bits per heavy atom. The molecule has 2 heterocycles. The van der Waals surface area contributed by atoms with Gasteiger partial charge >= 0.3 is 0 Å². The van der Waals surface area contributed by atoms with Gasteiger partial charge in [0.25, 0.3) is 5.91 Å². The van der Waals surface area contributed by atoms with Crippen molar-refractivity contribution in [1.29, 1.82) is 0 Å². The lowest BCUT2D eigenvalue weighted by Crippen LogP contribution is -2.13. The molecule has 0 bridgehead atoms. The fourth-order valence-electron chi connectivity index (χ4n) is 2.04. The fourth-order valence-corrected chi connectivity index (χ4v) is 3.00. The maximum atomic E-state index is 12.4. The maximum absolute atomic E-state index is 12.4. The fraction of sp³-hybridized carbons (Fsp3) is 0.0625. The van der Waals surface area contributed by atoms with Crippen LogP contribution < -0.4 is 16.4 Å². The highest BCUT2D eigenvalue weighted by Crippen LogP contribution is 2.28. The number of anilines is 3. The summed E-state index contributed by atoms with van der Waals surface area (Å²) >= 11 is 7.37. The number of rotatable bonds is 5. The summed E-state index contributed by atoms with van der Waals surface area (Å²) in [6.45, 7) is 0.283. The summed E-state index contributed by atoms with van der Waals surface area (Å²) in [5, 5.41) is 6.87. The summed E-state index contributed by atoms with van der Waals surface area (Å²) in [5.74, 6) is 0.375. The van der Waals surface area contributed by atoms with Gasteiger partial charge in [0.05, 0.1) is 16.9 Å². The zero-order valence-electron chi connectivity index (χ0n) is 12.5. The maximum Gasteiger partial charge on any atom is 0.267 e. The summed E-state index contributed by atoms with van der Waals surface area (Å²) in [5.41, 5.74) is 6.99. The average Bonchev–Trinajstić information content (AvgIpc) is 3.06. The van der Waals surface area contributed by atoms with E-state index in [4.69, 9.17) is 17.3 Å². The third-order valence-electron chi connectivity index (χ3n) is 3.19. The number of benzene rings is 1. The summed E-state index contributed by atoms with van der Waals surface area (Å²) in [4.78, 5) is 21.2. The highest BCUT2D eigenvalue weighted by atomic mass is 35.5. The van der Waals surface area contributed by atoms with Gasteiger partial charge in [-0.2, -0.15) is 0 Å². The number of halogens is 1. The van der Waals surface area contributed by atoms with Crippen molar-refractivity contribution in [3.63, 3.8) is 0 Å². The van der Waals surface area contributed by atoms with E-state index in [1.807, 2.05) is 24.3 Å². The average molecular weight is 360 g/mol. The third-order valence-corrected chi connectivity index (χ3v) is 4.41. The Hall–Kier alpha value is -2.48. The first kappa shape index (κ1) is 16.4. The Morgan fingerprint density at radius 1 is 1.21 bits per heavy atom. The van der Waals surface area contributed by atoms with Gasteiger partial charge in [0.2, 0.25) is 0 Å². The van der Waals surface area contributed by atoms with Crippen LogP contribution in [-0.2, 0) is 6.54 Å². The monoisotopic (exact) mass is 359 g/mol. The molecule has 0 aliphatic rings. The first-order valence-electron chi connectivity index (χ1n) is 7.10. The van der Waals surface area contributed by atoms with E-state index in [2.05, 4.69) is 20.6 Å². The van der Waals surface area contributed by atoms with Gasteiger partial charge in [-0.05, 0) is 23.8 Å². The summed E-state index contributed by atoms with van der Waals surface area (Å²) in [6.07, 6.45) is 3.18. The van der Waals surface area contributed by atoms with Crippen molar-refractivity contribution in [2.45, 2.75) is 6.54 Å². The number of carbonyl (C=O) groups excluding carboxylic acids is 1. The minimum atomic E-state index is -0.288. The predicted molar refractivity (Wildman–Crippen MR) is 96.9 cm³/mol. The second-order valence-electron chi connectivity index (χ2n) is 4.80. The molecule has 0 saturated heterocycles. The van der Waals surface area contributed by atoms with Crippen molar-refractivity contribution in [3.8, 4) is 0 Å². The lowest BCUT2D eigenvalue weighted by Gasteiger charge is -2.10. The van der Waals surface area contributed by atoms with Gasteiger partial charge in [-0.3, -0.25) is 4.79 Å². The van der Waals surface area contributed by atoms with Crippen molar-refractivity contribution in [3.05, 3.63) is 64.3 Å². The molecule has 1 amide bonds. The van der Waals surface area contributed by atoms with Crippen molar-refractivity contribution < 1.29 is 4.79 Å². The van der Waals surface area contributed by atoms with Crippen molar-refractivity contribution in [1.82, 2.24) is 9.97 Å². The number of hydrogen-bond acceptors (Lipinski definition) is 6. The molecule has 0 fully saturated rings. The first-order valence-corrected chi connectivity index (χ1v) is 8.29. The highest BCUT2D eigenvalue weighted by molar-refractivity contribution is 7.17. The van der Waals surface area contributed by atoms with Crippen LogP contribution in [0.3, 0.4) is 0 Å². The molecule has 0 unspecified atom stereocenters. The topological polar surface area (TPSA) is 92.9 Å². The standard InChI is InChI=1S/C16H14ClN5OS/c17-11-5-3-4-10(8-18)14(11)22-15(23)12-9-20-16(24-12)21-13-6-1-2-7-19-13/h1-7,9H,8,18H2,(H,22,23)(H,19,20,21). The molecule has 3 rings (SSSR count). The van der Waals surface area contributed by atoms with E-state index in [-0.39, 0.29) is 12.5 Å². The molecule has 0 aliphatic carbocycles. The number of para-hydroxylation sites is 1. The van der Waals surface area contributed by atoms with Gasteiger partial charge in [0, 0.05) is 12.7 Å². The van der Waals surface area contributed by atoms with Crippen LogP contribution in [0.15, 0.2) is 48.8 Å². The lowest BCUT2D eigenvalue weighted by molar-refractivity contribution is 0.103. The van der Waals surface area contributed by atoms with Crippen LogP contribution in [-0.4, -0.2) is 15.9 Å². The van der Waals surface area contributed by atoms with Gasteiger partial charge < -0.3 is 16.4 Å². The quantitative estimate of drug-likeness (QED) is 0.646. The molecule has 0 atom stereocenters. The van der Waals surface area contributed by atoms with E-state index in [1.165, 1.54) is 17.5 Å². The summed E-state index contributed by atoms with van der Waals surface area (Å²) in [6, 6.07) is 10.8. The molecule has 0 saturated carbocycles. The number of nitrogens with zero attached hydrogens (tertiary/aromatic N) is 2. The van der Waals surface area contributed by atoms with Gasteiger partial charge in [-0.25, -0.2) is 9.97 Å². The van der Waals surface area contributed by atoms with E-state index in [0.29, 0.717) is 26.5 Å². The summed E-state index contributed by atoms with van der Waals surface area (Å²) < 4.78 is 0. The predicted octanol–water partition coefficient (Wildman–Crippen LogP) is 3.65. The zero-order valence-corrected chi connectivity index (χ0v) is 14.1. The molecule has 4 N–H and O–H groups in total. The van der Waals surface area contributed by atoms with E-state index < -0.39 is 0 Å². The Bertz CT molecular complexity index is 853. The molecular formula is C16H14ClN5OS. The SMILES string of the molecule is NCc1cccc(Cl)c1NC(=O)c1cnc(Nc2ccccn2)s1. The van der Waals surface area contributed by atoms with Gasteiger partial charge in [0.15, 0.2) is 5.13 Å². The molecule has 8 heteroatoms. The Kier molecular flexibility index (Phi) is 5.05. The van der Waals surface area contributed by atoms with Crippen LogP contribution in [0.5, 0.6) is 0 Å². The Labute approximate surface area is 147 Å². The van der Waals surface area contributed by atoms with E-state index in [9.17, 15) is 4.79 Å². The third kappa shape index (κ3) is 3.70. The van der Waals surface area contributed by atoms with Crippen molar-refractivity contribution in [2.24, 2.45) is 5.73 Å². The van der Waals surface area contributed by atoms with E-state index >= 15 is 0 Å². The van der Waals surface area contributed by atoms with Crippen molar-refractivity contribution in [2.75, 3.05) is 10.6 Å². The number of nitrogens with two attached hydrogens (primary N) is 1. The summed E-state index contributed by atoms with van der Waals surface area (Å²) in [7, 11) is 0. The van der Waals surface area contributed by atoms with Crippen LogP contribution in [0, 0.1) is 0 Å². The van der Waals surface area contributed by atoms with Crippen molar-refractivity contribution >= 4 is 45.5 Å². The normalized spacial score (nSPS) is 10.4. The Morgan fingerprint density at radius 2 is 2.08 bits per heavy atom. The molecule has 6 nitrogen and oxygen atoms in total. The minimum Gasteiger partial charge on any atom is -0.326 e. The van der Waals surface area contributed by atoms with Crippen LogP contribution in [0.1, 0.15) is 15.2 Å². The number of pyridine rings is 1. The minimum absolute atomic E-state index is 0.283. The smallest absolute Gasteiger partial charge is 0.267 e. The molecule has 2 aromatic heterocycles. The molecule has 1 aromatic carbocycles. The largest absolute Gasteiger partial charge is 0.326 e. The van der Waals surface area contributed by atoms with E-state index in [1.54, 1.807) is 18.3 Å². The first-order chi connectivity index (χ1) is 11.7. The Balaban J connectivity index is 1.75. The molecule has 3 aromatic rings. The zero-order chi connectivity index (χ0) is 16.9. The molecule has 24 heavy (non-hydrogen) atoms. The second kappa shape index (κ2) is 7.39.